The molecule has 0 amide bonds. The number of hydrogen-bond acceptors (Lipinski definition) is 1. The van der Waals surface area contributed by atoms with Gasteiger partial charge < -0.3 is 4.90 Å². The maximum absolute atomic E-state index is 3.96. The van der Waals surface area contributed by atoms with E-state index in [1.54, 1.807) is 0 Å². The number of hydrogen-bond donors (Lipinski definition) is 0. The van der Waals surface area contributed by atoms with E-state index in [0.717, 1.165) is 19.0 Å². The van der Waals surface area contributed by atoms with Crippen LogP contribution in [0.3, 0.4) is 0 Å². The molecule has 1 aromatic carbocycles. The van der Waals surface area contributed by atoms with Gasteiger partial charge in [-0.25, -0.2) is 0 Å². The summed E-state index contributed by atoms with van der Waals surface area (Å²) in [5.41, 5.74) is 1.50. The predicted molar refractivity (Wildman–Crippen MR) is 55.3 cm³/mol. The Morgan fingerprint density at radius 3 is 2.31 bits per heavy atom. The van der Waals surface area contributed by atoms with E-state index in [4.69, 9.17) is 0 Å². The quantitative estimate of drug-likeness (QED) is 0.632. The van der Waals surface area contributed by atoms with Gasteiger partial charge in [0.25, 0.3) is 0 Å². The van der Waals surface area contributed by atoms with Crippen LogP contribution < -0.4 is 0 Å². The summed E-state index contributed by atoms with van der Waals surface area (Å²) in [6.07, 6.45) is 2.51. The van der Waals surface area contributed by atoms with Crippen molar-refractivity contribution in [3.8, 4) is 0 Å². The van der Waals surface area contributed by atoms with Gasteiger partial charge in [0.05, 0.1) is 0 Å². The molecule has 0 aliphatic carbocycles. The van der Waals surface area contributed by atoms with Gasteiger partial charge in [0, 0.05) is 7.05 Å². The zero-order chi connectivity index (χ0) is 9.10. The fraction of sp³-hybridized carbons (Fsp3) is 0.417. The Morgan fingerprint density at radius 1 is 1.08 bits per heavy atom. The van der Waals surface area contributed by atoms with E-state index < -0.39 is 0 Å². The summed E-state index contributed by atoms with van der Waals surface area (Å²) in [6, 6.07) is 10.8. The topological polar surface area (TPSA) is 3.24 Å². The van der Waals surface area contributed by atoms with E-state index in [1.807, 2.05) is 0 Å². The summed E-state index contributed by atoms with van der Waals surface area (Å²) in [7, 11) is 3.96. The first-order chi connectivity index (χ1) is 6.36. The molecule has 1 heteroatoms. The minimum atomic E-state index is 0.763. The molecule has 0 bridgehead atoms. The van der Waals surface area contributed by atoms with Crippen molar-refractivity contribution in [2.75, 3.05) is 13.1 Å². The molecule has 0 N–H and O–H groups in total. The molecule has 0 atom stereocenters. The SMILES string of the molecule is [CH2]N1CCC(c2ccccc2)CC1. The van der Waals surface area contributed by atoms with Gasteiger partial charge in [-0.15, -0.1) is 0 Å². The summed E-state index contributed by atoms with van der Waals surface area (Å²) in [6.45, 7) is 2.28. The smallest absolute Gasteiger partial charge is 0.0109 e. The number of piperidine rings is 1. The Labute approximate surface area is 80.4 Å². The molecule has 1 aromatic rings. The van der Waals surface area contributed by atoms with Crippen molar-refractivity contribution in [3.63, 3.8) is 0 Å². The van der Waals surface area contributed by atoms with Gasteiger partial charge in [-0.3, -0.25) is 0 Å². The van der Waals surface area contributed by atoms with Crippen LogP contribution in [0.5, 0.6) is 0 Å². The van der Waals surface area contributed by atoms with Crippen LogP contribution in [0.1, 0.15) is 24.3 Å². The first-order valence-electron chi connectivity index (χ1n) is 4.96. The van der Waals surface area contributed by atoms with Gasteiger partial charge in [-0.05, 0) is 37.4 Å². The normalized spacial score (nSPS) is 20.4. The molecule has 0 unspecified atom stereocenters. The van der Waals surface area contributed by atoms with Crippen molar-refractivity contribution in [3.05, 3.63) is 42.9 Å². The standard InChI is InChI=1S/C12H16N/c1-13-9-7-12(8-10-13)11-5-3-2-4-6-11/h2-6,12H,1,7-10H2. The molecule has 1 heterocycles. The van der Waals surface area contributed by atoms with Crippen LogP contribution >= 0.6 is 0 Å². The predicted octanol–water partition coefficient (Wildman–Crippen LogP) is 2.66. The molecule has 1 nitrogen and oxygen atoms in total. The van der Waals surface area contributed by atoms with E-state index >= 15 is 0 Å². The molecular formula is C12H16N. The minimum absolute atomic E-state index is 0.763. The molecule has 69 valence electrons. The molecule has 0 saturated carbocycles. The third-order valence-corrected chi connectivity index (χ3v) is 2.86. The van der Waals surface area contributed by atoms with Crippen molar-refractivity contribution >= 4 is 0 Å². The first kappa shape index (κ1) is 8.76. The van der Waals surface area contributed by atoms with E-state index in [0.29, 0.717) is 0 Å². The summed E-state index contributed by atoms with van der Waals surface area (Å²) in [5, 5.41) is 0. The Kier molecular flexibility index (Phi) is 2.65. The van der Waals surface area contributed by atoms with Gasteiger partial charge in [0.15, 0.2) is 0 Å². The third-order valence-electron chi connectivity index (χ3n) is 2.86. The molecule has 0 spiro atoms. The van der Waals surface area contributed by atoms with Crippen LogP contribution in [0.4, 0.5) is 0 Å². The Morgan fingerprint density at radius 2 is 1.69 bits per heavy atom. The summed E-state index contributed by atoms with van der Waals surface area (Å²) >= 11 is 0. The molecule has 1 aliphatic rings. The zero-order valence-electron chi connectivity index (χ0n) is 7.95. The van der Waals surface area contributed by atoms with Crippen LogP contribution in [0, 0.1) is 7.05 Å². The maximum atomic E-state index is 3.96. The van der Waals surface area contributed by atoms with Crippen molar-refractivity contribution in [1.29, 1.82) is 0 Å². The van der Waals surface area contributed by atoms with Crippen molar-refractivity contribution in [2.24, 2.45) is 0 Å². The molecule has 2 rings (SSSR count). The van der Waals surface area contributed by atoms with Crippen LogP contribution in [-0.2, 0) is 0 Å². The highest BCUT2D eigenvalue weighted by Crippen LogP contribution is 2.26. The molecule has 0 aromatic heterocycles. The molecule has 1 fully saturated rings. The monoisotopic (exact) mass is 174 g/mol. The highest BCUT2D eigenvalue weighted by atomic mass is 15.1. The number of benzene rings is 1. The largest absolute Gasteiger partial charge is 0.302 e. The lowest BCUT2D eigenvalue weighted by Gasteiger charge is -2.28. The van der Waals surface area contributed by atoms with Gasteiger partial charge >= 0.3 is 0 Å². The lowest BCUT2D eigenvalue weighted by molar-refractivity contribution is 0.280. The lowest BCUT2D eigenvalue weighted by atomic mass is 9.90. The lowest BCUT2D eigenvalue weighted by Crippen LogP contribution is -2.27. The maximum Gasteiger partial charge on any atom is 0.0109 e. The van der Waals surface area contributed by atoms with Crippen LogP contribution in [0.25, 0.3) is 0 Å². The second-order valence-electron chi connectivity index (χ2n) is 3.80. The molecular weight excluding hydrogens is 158 g/mol. The number of likely N-dealkylation sites (tertiary alicyclic amines) is 1. The van der Waals surface area contributed by atoms with Gasteiger partial charge in [0.1, 0.15) is 0 Å². The van der Waals surface area contributed by atoms with E-state index in [2.05, 4.69) is 42.3 Å². The van der Waals surface area contributed by atoms with E-state index in [-0.39, 0.29) is 0 Å². The molecule has 1 radical (unpaired) electrons. The minimum Gasteiger partial charge on any atom is -0.302 e. The summed E-state index contributed by atoms with van der Waals surface area (Å²) in [4.78, 5) is 2.17. The van der Waals surface area contributed by atoms with Crippen molar-refractivity contribution in [2.45, 2.75) is 18.8 Å². The van der Waals surface area contributed by atoms with Gasteiger partial charge in [0.2, 0.25) is 0 Å². The Balaban J connectivity index is 2.03. The molecule has 1 saturated heterocycles. The van der Waals surface area contributed by atoms with Crippen LogP contribution in [0.2, 0.25) is 0 Å². The second-order valence-corrected chi connectivity index (χ2v) is 3.80. The van der Waals surface area contributed by atoms with Crippen LogP contribution in [0.15, 0.2) is 30.3 Å². The summed E-state index contributed by atoms with van der Waals surface area (Å²) in [5.74, 6) is 0.763. The summed E-state index contributed by atoms with van der Waals surface area (Å²) < 4.78 is 0. The number of nitrogens with zero attached hydrogens (tertiary/aromatic N) is 1. The van der Waals surface area contributed by atoms with E-state index in [1.165, 1.54) is 18.4 Å². The fourth-order valence-electron chi connectivity index (χ4n) is 1.99. The first-order valence-corrected chi connectivity index (χ1v) is 4.96. The third kappa shape index (κ3) is 2.10. The van der Waals surface area contributed by atoms with Gasteiger partial charge in [-0.2, -0.15) is 0 Å². The second kappa shape index (κ2) is 3.93. The highest BCUT2D eigenvalue weighted by Gasteiger charge is 2.17. The highest BCUT2D eigenvalue weighted by molar-refractivity contribution is 5.19. The van der Waals surface area contributed by atoms with E-state index in [9.17, 15) is 0 Å². The van der Waals surface area contributed by atoms with Crippen molar-refractivity contribution in [1.82, 2.24) is 4.90 Å². The van der Waals surface area contributed by atoms with Gasteiger partial charge in [-0.1, -0.05) is 30.3 Å². The number of rotatable bonds is 1. The Bertz CT molecular complexity index is 247. The fourth-order valence-corrected chi connectivity index (χ4v) is 1.99. The van der Waals surface area contributed by atoms with Crippen LogP contribution in [-0.4, -0.2) is 18.0 Å². The van der Waals surface area contributed by atoms with Crippen molar-refractivity contribution < 1.29 is 0 Å². The average Bonchev–Trinajstić information content (AvgIpc) is 2.20. The Hall–Kier alpha value is -0.820. The average molecular weight is 174 g/mol. The molecule has 13 heavy (non-hydrogen) atoms. The molecule has 1 aliphatic heterocycles. The zero-order valence-corrected chi connectivity index (χ0v) is 7.95.